The molecule has 0 saturated heterocycles. The number of benzene rings is 3. The topological polar surface area (TPSA) is 90.4 Å². The van der Waals surface area contributed by atoms with E-state index in [-0.39, 0.29) is 0 Å². The Hall–Kier alpha value is -2.95. The number of rotatable bonds is 1. The van der Waals surface area contributed by atoms with Gasteiger partial charge in [-0.1, -0.05) is 6.07 Å². The summed E-state index contributed by atoms with van der Waals surface area (Å²) in [5.41, 5.74) is 13.6. The Bertz CT molecular complexity index is 943. The van der Waals surface area contributed by atoms with Gasteiger partial charge in [0.1, 0.15) is 5.60 Å². The van der Waals surface area contributed by atoms with Crippen molar-refractivity contribution in [2.75, 3.05) is 16.8 Å². The highest BCUT2D eigenvalue weighted by molar-refractivity contribution is 6.08. The summed E-state index contributed by atoms with van der Waals surface area (Å²) in [6.45, 7) is 5.48. The summed E-state index contributed by atoms with van der Waals surface area (Å²) in [6.07, 6.45) is -0.480. The molecule has 0 spiro atoms. The first-order valence-corrected chi connectivity index (χ1v) is 7.74. The zero-order valence-corrected chi connectivity index (χ0v) is 14.0. The van der Waals surface area contributed by atoms with Crippen LogP contribution in [-0.2, 0) is 4.74 Å². The van der Waals surface area contributed by atoms with E-state index in [1.54, 1.807) is 6.07 Å². The van der Waals surface area contributed by atoms with Gasteiger partial charge in [-0.05, 0) is 67.9 Å². The molecule has 0 aliphatic carbocycles. The molecule has 0 aromatic heterocycles. The average molecular weight is 323 g/mol. The molecule has 0 unspecified atom stereocenters. The standard InChI is InChI=1S/C19H21N3O2/c1-19(2,3)24-18(23)22-13-5-4-11-9-14-15(10-12(11)8-13)17(21)7-6-16(14)20/h4-10H,20-21H2,1-3H3,(H,22,23). The second-order valence-electron chi connectivity index (χ2n) is 6.83. The number of carbonyl (C=O) groups excluding carboxylic acids is 1. The van der Waals surface area contributed by atoms with Crippen molar-refractivity contribution >= 4 is 44.7 Å². The third-order valence-electron chi connectivity index (χ3n) is 3.69. The molecule has 0 heterocycles. The Morgan fingerprint density at radius 2 is 1.50 bits per heavy atom. The number of amides is 1. The van der Waals surface area contributed by atoms with Gasteiger partial charge < -0.3 is 16.2 Å². The average Bonchev–Trinajstić information content (AvgIpc) is 2.48. The lowest BCUT2D eigenvalue weighted by Crippen LogP contribution is -2.27. The van der Waals surface area contributed by atoms with Crippen LogP contribution in [0.15, 0.2) is 42.5 Å². The number of nitrogens with one attached hydrogen (secondary N) is 1. The lowest BCUT2D eigenvalue weighted by atomic mass is 10.0. The zero-order valence-electron chi connectivity index (χ0n) is 14.0. The molecule has 124 valence electrons. The number of anilines is 3. The molecule has 0 fully saturated rings. The van der Waals surface area contributed by atoms with E-state index in [0.29, 0.717) is 17.1 Å². The minimum Gasteiger partial charge on any atom is -0.444 e. The molecule has 3 rings (SSSR count). The first-order valence-electron chi connectivity index (χ1n) is 7.74. The summed E-state index contributed by atoms with van der Waals surface area (Å²) < 4.78 is 5.27. The molecule has 5 nitrogen and oxygen atoms in total. The molecule has 0 radical (unpaired) electrons. The molecule has 0 saturated carbocycles. The fourth-order valence-corrected chi connectivity index (χ4v) is 2.63. The first kappa shape index (κ1) is 15.9. The molecular formula is C19H21N3O2. The fourth-order valence-electron chi connectivity index (χ4n) is 2.63. The van der Waals surface area contributed by atoms with Crippen LogP contribution in [-0.4, -0.2) is 11.7 Å². The van der Waals surface area contributed by atoms with Crippen molar-refractivity contribution in [2.45, 2.75) is 26.4 Å². The normalized spacial score (nSPS) is 11.6. The summed E-state index contributed by atoms with van der Waals surface area (Å²) in [5, 5.41) is 6.56. The highest BCUT2D eigenvalue weighted by Gasteiger charge is 2.16. The van der Waals surface area contributed by atoms with Crippen molar-refractivity contribution in [1.82, 2.24) is 0 Å². The van der Waals surface area contributed by atoms with Crippen LogP contribution in [0.3, 0.4) is 0 Å². The predicted octanol–water partition coefficient (Wildman–Crippen LogP) is 4.50. The summed E-state index contributed by atoms with van der Waals surface area (Å²) in [6, 6.07) is 13.3. The van der Waals surface area contributed by atoms with Crippen molar-refractivity contribution < 1.29 is 9.53 Å². The van der Waals surface area contributed by atoms with E-state index in [1.807, 2.05) is 57.2 Å². The Morgan fingerprint density at radius 1 is 0.917 bits per heavy atom. The Kier molecular flexibility index (Phi) is 3.72. The molecule has 5 N–H and O–H groups in total. The maximum atomic E-state index is 11.9. The maximum absolute atomic E-state index is 11.9. The van der Waals surface area contributed by atoms with Crippen molar-refractivity contribution in [3.8, 4) is 0 Å². The molecule has 24 heavy (non-hydrogen) atoms. The van der Waals surface area contributed by atoms with Crippen LogP contribution >= 0.6 is 0 Å². The molecular weight excluding hydrogens is 302 g/mol. The minimum absolute atomic E-state index is 0.480. The lowest BCUT2D eigenvalue weighted by molar-refractivity contribution is 0.0636. The van der Waals surface area contributed by atoms with Crippen LogP contribution in [0.1, 0.15) is 20.8 Å². The third-order valence-corrected chi connectivity index (χ3v) is 3.69. The van der Waals surface area contributed by atoms with E-state index in [4.69, 9.17) is 16.2 Å². The number of ether oxygens (including phenoxy) is 1. The smallest absolute Gasteiger partial charge is 0.412 e. The maximum Gasteiger partial charge on any atom is 0.412 e. The van der Waals surface area contributed by atoms with Crippen molar-refractivity contribution in [1.29, 1.82) is 0 Å². The van der Waals surface area contributed by atoms with E-state index in [0.717, 1.165) is 21.5 Å². The Labute approximate surface area is 140 Å². The largest absolute Gasteiger partial charge is 0.444 e. The van der Waals surface area contributed by atoms with Gasteiger partial charge in [0.2, 0.25) is 0 Å². The summed E-state index contributed by atoms with van der Waals surface area (Å²) in [7, 11) is 0. The van der Waals surface area contributed by atoms with Gasteiger partial charge in [0, 0.05) is 27.8 Å². The van der Waals surface area contributed by atoms with Gasteiger partial charge in [-0.25, -0.2) is 4.79 Å². The Balaban J connectivity index is 2.00. The molecule has 1 amide bonds. The molecule has 3 aromatic carbocycles. The fraction of sp³-hybridized carbons (Fsp3) is 0.211. The van der Waals surface area contributed by atoms with Gasteiger partial charge >= 0.3 is 6.09 Å². The molecule has 0 aliphatic heterocycles. The number of hydrogen-bond acceptors (Lipinski definition) is 4. The van der Waals surface area contributed by atoms with E-state index in [2.05, 4.69) is 5.32 Å². The molecule has 0 atom stereocenters. The van der Waals surface area contributed by atoms with Gasteiger partial charge in [0.15, 0.2) is 0 Å². The minimum atomic E-state index is -0.539. The molecule has 0 aliphatic rings. The van der Waals surface area contributed by atoms with Crippen LogP contribution in [0.25, 0.3) is 21.5 Å². The van der Waals surface area contributed by atoms with Gasteiger partial charge in [-0.15, -0.1) is 0 Å². The molecule has 0 bridgehead atoms. The highest BCUT2D eigenvalue weighted by Crippen LogP contribution is 2.32. The second-order valence-corrected chi connectivity index (χ2v) is 6.83. The SMILES string of the molecule is CC(C)(C)OC(=O)Nc1ccc2cc3c(N)ccc(N)c3cc2c1. The van der Waals surface area contributed by atoms with Gasteiger partial charge in [-0.3, -0.25) is 5.32 Å². The second kappa shape index (κ2) is 5.60. The number of carbonyl (C=O) groups is 1. The predicted molar refractivity (Wildman–Crippen MR) is 100 cm³/mol. The van der Waals surface area contributed by atoms with Crippen LogP contribution in [0.4, 0.5) is 21.9 Å². The first-order chi connectivity index (χ1) is 11.2. The Morgan fingerprint density at radius 3 is 2.08 bits per heavy atom. The van der Waals surface area contributed by atoms with Crippen molar-refractivity contribution in [3.05, 3.63) is 42.5 Å². The van der Waals surface area contributed by atoms with Crippen molar-refractivity contribution in [3.63, 3.8) is 0 Å². The lowest BCUT2D eigenvalue weighted by Gasteiger charge is -2.19. The van der Waals surface area contributed by atoms with Gasteiger partial charge in [0.05, 0.1) is 0 Å². The third kappa shape index (κ3) is 3.20. The van der Waals surface area contributed by atoms with E-state index in [9.17, 15) is 4.79 Å². The quantitative estimate of drug-likeness (QED) is 0.454. The molecule has 3 aromatic rings. The molecule has 5 heteroatoms. The van der Waals surface area contributed by atoms with E-state index < -0.39 is 11.7 Å². The van der Waals surface area contributed by atoms with Crippen LogP contribution in [0, 0.1) is 0 Å². The summed E-state index contributed by atoms with van der Waals surface area (Å²) in [5.74, 6) is 0. The van der Waals surface area contributed by atoms with Gasteiger partial charge in [0.25, 0.3) is 0 Å². The summed E-state index contributed by atoms with van der Waals surface area (Å²) in [4.78, 5) is 11.9. The number of nitrogens with two attached hydrogens (primary N) is 2. The summed E-state index contributed by atoms with van der Waals surface area (Å²) >= 11 is 0. The number of hydrogen-bond donors (Lipinski definition) is 3. The van der Waals surface area contributed by atoms with Gasteiger partial charge in [-0.2, -0.15) is 0 Å². The van der Waals surface area contributed by atoms with Crippen LogP contribution in [0.2, 0.25) is 0 Å². The monoisotopic (exact) mass is 323 g/mol. The van der Waals surface area contributed by atoms with Crippen molar-refractivity contribution in [2.24, 2.45) is 0 Å². The van der Waals surface area contributed by atoms with Crippen LogP contribution < -0.4 is 16.8 Å². The number of nitrogen functional groups attached to an aromatic ring is 2. The number of fused-ring (bicyclic) bond motifs is 2. The van der Waals surface area contributed by atoms with E-state index in [1.165, 1.54) is 0 Å². The van der Waals surface area contributed by atoms with Crippen LogP contribution in [0.5, 0.6) is 0 Å². The zero-order chi connectivity index (χ0) is 17.5. The van der Waals surface area contributed by atoms with E-state index >= 15 is 0 Å². The highest BCUT2D eigenvalue weighted by atomic mass is 16.6.